The van der Waals surface area contributed by atoms with Crippen molar-refractivity contribution in [2.75, 3.05) is 25.7 Å². The van der Waals surface area contributed by atoms with Crippen LogP contribution in [0.15, 0.2) is 55.1 Å². The molecule has 0 saturated carbocycles. The summed E-state index contributed by atoms with van der Waals surface area (Å²) in [5.41, 5.74) is 1.02. The van der Waals surface area contributed by atoms with E-state index in [0.29, 0.717) is 47.2 Å². The van der Waals surface area contributed by atoms with Crippen molar-refractivity contribution in [2.24, 2.45) is 0 Å². The monoisotopic (exact) mass is 476 g/mol. The van der Waals surface area contributed by atoms with Crippen molar-refractivity contribution in [1.82, 2.24) is 14.5 Å². The Balaban J connectivity index is 0.00000289. The van der Waals surface area contributed by atoms with Crippen LogP contribution >= 0.6 is 23.7 Å². The van der Waals surface area contributed by atoms with Crippen molar-refractivity contribution in [3.8, 4) is 11.5 Å². The first kappa shape index (κ1) is 23.5. The summed E-state index contributed by atoms with van der Waals surface area (Å²) in [6.45, 7) is 1.13. The van der Waals surface area contributed by atoms with Crippen LogP contribution in [0.2, 0.25) is 0 Å². The second kappa shape index (κ2) is 10.4. The van der Waals surface area contributed by atoms with E-state index in [1.807, 2.05) is 16.8 Å². The van der Waals surface area contributed by atoms with Gasteiger partial charge in [0.1, 0.15) is 27.5 Å². The molecule has 0 unspecified atom stereocenters. The fourth-order valence-electron chi connectivity index (χ4n) is 3.25. The highest BCUT2D eigenvalue weighted by molar-refractivity contribution is 7.22. The fraction of sp³-hybridized carbons (Fsp3) is 0.227. The van der Waals surface area contributed by atoms with E-state index < -0.39 is 5.82 Å². The summed E-state index contributed by atoms with van der Waals surface area (Å²) >= 11 is 1.36. The molecule has 0 radical (unpaired) electrons. The average molecular weight is 477 g/mol. The van der Waals surface area contributed by atoms with Gasteiger partial charge in [0.25, 0.3) is 5.91 Å². The van der Waals surface area contributed by atoms with Gasteiger partial charge in [-0.3, -0.25) is 9.69 Å². The van der Waals surface area contributed by atoms with Crippen LogP contribution in [0.1, 0.15) is 16.8 Å². The molecule has 1 amide bonds. The Morgan fingerprint density at radius 1 is 1.12 bits per heavy atom. The lowest BCUT2D eigenvalue weighted by atomic mass is 10.2. The van der Waals surface area contributed by atoms with Crippen LogP contribution in [0.3, 0.4) is 0 Å². The number of fused-ring (bicyclic) bond motifs is 1. The molecule has 4 rings (SSSR count). The average Bonchev–Trinajstić information content (AvgIpc) is 3.46. The molecule has 168 valence electrons. The molecule has 10 heteroatoms. The smallest absolute Gasteiger partial charge is 0.260 e. The van der Waals surface area contributed by atoms with Crippen molar-refractivity contribution < 1.29 is 18.7 Å². The Labute approximate surface area is 194 Å². The van der Waals surface area contributed by atoms with E-state index in [9.17, 15) is 9.18 Å². The molecule has 0 aliphatic rings. The van der Waals surface area contributed by atoms with E-state index in [1.54, 1.807) is 37.7 Å². The summed E-state index contributed by atoms with van der Waals surface area (Å²) in [6.07, 6.45) is 6.01. The third-order valence-electron chi connectivity index (χ3n) is 4.82. The van der Waals surface area contributed by atoms with Gasteiger partial charge in [0.05, 0.1) is 20.5 Å². The minimum Gasteiger partial charge on any atom is -0.495 e. The summed E-state index contributed by atoms with van der Waals surface area (Å²) in [5.74, 6) is 0.623. The maximum absolute atomic E-state index is 13.4. The highest BCUT2D eigenvalue weighted by Crippen LogP contribution is 2.40. The maximum atomic E-state index is 13.4. The fourth-order valence-corrected chi connectivity index (χ4v) is 4.35. The number of methoxy groups -OCH3 is 2. The van der Waals surface area contributed by atoms with Gasteiger partial charge in [0.2, 0.25) is 0 Å². The normalized spacial score (nSPS) is 10.6. The Morgan fingerprint density at radius 3 is 2.50 bits per heavy atom. The van der Waals surface area contributed by atoms with Gasteiger partial charge in [-0.05, 0) is 42.8 Å². The number of nitrogens with zero attached hydrogens (tertiary/aromatic N) is 4. The molecule has 0 N–H and O–H groups in total. The number of amides is 1. The van der Waals surface area contributed by atoms with Gasteiger partial charge in [-0.25, -0.2) is 14.4 Å². The van der Waals surface area contributed by atoms with Gasteiger partial charge in [-0.2, -0.15) is 0 Å². The third kappa shape index (κ3) is 4.84. The van der Waals surface area contributed by atoms with Crippen LogP contribution < -0.4 is 14.4 Å². The molecule has 0 aliphatic carbocycles. The Bertz CT molecular complexity index is 1140. The van der Waals surface area contributed by atoms with E-state index in [4.69, 9.17) is 14.5 Å². The number of hydrogen-bond donors (Lipinski definition) is 0. The number of rotatable bonds is 8. The number of aryl methyl sites for hydroxylation is 1. The lowest BCUT2D eigenvalue weighted by molar-refractivity contribution is 0.0986. The van der Waals surface area contributed by atoms with Gasteiger partial charge in [-0.1, -0.05) is 11.3 Å². The largest absolute Gasteiger partial charge is 0.495 e. The van der Waals surface area contributed by atoms with E-state index in [1.165, 1.54) is 35.6 Å². The number of carbonyl (C=O) groups is 1. The first-order chi connectivity index (χ1) is 15.1. The van der Waals surface area contributed by atoms with Crippen molar-refractivity contribution in [1.29, 1.82) is 0 Å². The van der Waals surface area contributed by atoms with Crippen LogP contribution in [0.4, 0.5) is 9.52 Å². The number of benzene rings is 2. The molecule has 0 spiro atoms. The lowest BCUT2D eigenvalue weighted by Gasteiger charge is -2.20. The quantitative estimate of drug-likeness (QED) is 0.365. The van der Waals surface area contributed by atoms with Crippen LogP contribution in [-0.4, -0.2) is 41.2 Å². The number of hydrogen-bond acceptors (Lipinski definition) is 6. The Hall–Kier alpha value is -3.17. The predicted octanol–water partition coefficient (Wildman–Crippen LogP) is 4.81. The summed E-state index contributed by atoms with van der Waals surface area (Å²) in [4.78, 5) is 23.7. The molecule has 2 aromatic heterocycles. The molecule has 2 aromatic carbocycles. The Morgan fingerprint density at radius 2 is 1.84 bits per heavy atom. The van der Waals surface area contributed by atoms with Gasteiger partial charge < -0.3 is 14.0 Å². The SMILES string of the molecule is COc1ccc(OC)c2sc(N(CCCn3ccnc3)C(=O)c3ccc(F)cc3)nc12.Cl. The highest BCUT2D eigenvalue weighted by atomic mass is 35.5. The minimum atomic E-state index is -0.391. The van der Waals surface area contributed by atoms with E-state index in [-0.39, 0.29) is 18.3 Å². The predicted molar refractivity (Wildman–Crippen MR) is 125 cm³/mol. The number of ether oxygens (including phenoxy) is 2. The van der Waals surface area contributed by atoms with Crippen LogP contribution in [-0.2, 0) is 6.54 Å². The number of carbonyl (C=O) groups excluding carboxylic acids is 1. The van der Waals surface area contributed by atoms with Crippen LogP contribution in [0.25, 0.3) is 10.2 Å². The van der Waals surface area contributed by atoms with Crippen molar-refractivity contribution in [3.63, 3.8) is 0 Å². The third-order valence-corrected chi connectivity index (χ3v) is 5.92. The standard InChI is InChI=1S/C22H21FN4O3S.ClH/c1-29-17-8-9-18(30-2)20-19(17)25-22(31-20)27(12-3-11-26-13-10-24-14-26)21(28)15-4-6-16(23)7-5-15;/h4-10,13-14H,3,11-12H2,1-2H3;1H. The molecule has 2 heterocycles. The minimum absolute atomic E-state index is 0. The summed E-state index contributed by atoms with van der Waals surface area (Å²) in [7, 11) is 3.17. The molecule has 0 bridgehead atoms. The summed E-state index contributed by atoms with van der Waals surface area (Å²) < 4.78 is 27.0. The highest BCUT2D eigenvalue weighted by Gasteiger charge is 2.23. The van der Waals surface area contributed by atoms with Gasteiger partial charge in [0, 0.05) is 31.0 Å². The Kier molecular flexibility index (Phi) is 7.66. The van der Waals surface area contributed by atoms with Gasteiger partial charge in [-0.15, -0.1) is 12.4 Å². The molecule has 4 aromatic rings. The number of imidazole rings is 1. The zero-order chi connectivity index (χ0) is 21.8. The van der Waals surface area contributed by atoms with Gasteiger partial charge in [0.15, 0.2) is 5.13 Å². The first-order valence-corrected chi connectivity index (χ1v) is 10.5. The zero-order valence-corrected chi connectivity index (χ0v) is 19.2. The lowest BCUT2D eigenvalue weighted by Crippen LogP contribution is -2.32. The van der Waals surface area contributed by atoms with Crippen molar-refractivity contribution >= 4 is 45.0 Å². The van der Waals surface area contributed by atoms with Crippen molar-refractivity contribution in [3.05, 3.63) is 66.5 Å². The second-order valence-corrected chi connectivity index (χ2v) is 7.74. The molecule has 32 heavy (non-hydrogen) atoms. The first-order valence-electron chi connectivity index (χ1n) is 9.65. The number of thiazole rings is 1. The van der Waals surface area contributed by atoms with Gasteiger partial charge >= 0.3 is 0 Å². The second-order valence-electron chi connectivity index (χ2n) is 6.76. The van der Waals surface area contributed by atoms with E-state index >= 15 is 0 Å². The van der Waals surface area contributed by atoms with Crippen LogP contribution in [0.5, 0.6) is 11.5 Å². The number of anilines is 1. The molecular formula is C22H22ClFN4O3S. The molecule has 0 fully saturated rings. The molecular weight excluding hydrogens is 455 g/mol. The molecule has 0 aliphatic heterocycles. The number of aromatic nitrogens is 3. The topological polar surface area (TPSA) is 69.5 Å². The number of halogens is 2. The summed E-state index contributed by atoms with van der Waals surface area (Å²) in [5, 5.41) is 0.526. The zero-order valence-electron chi connectivity index (χ0n) is 17.5. The van der Waals surface area contributed by atoms with Crippen molar-refractivity contribution in [2.45, 2.75) is 13.0 Å². The molecule has 7 nitrogen and oxygen atoms in total. The summed E-state index contributed by atoms with van der Waals surface area (Å²) in [6, 6.07) is 9.12. The van der Waals surface area contributed by atoms with E-state index in [2.05, 4.69) is 4.98 Å². The van der Waals surface area contributed by atoms with Crippen LogP contribution in [0, 0.1) is 5.82 Å². The molecule has 0 saturated heterocycles. The molecule has 0 atom stereocenters. The maximum Gasteiger partial charge on any atom is 0.260 e. The van der Waals surface area contributed by atoms with E-state index in [0.717, 1.165) is 4.70 Å².